The highest BCUT2D eigenvalue weighted by Crippen LogP contribution is 2.12. The normalized spacial score (nSPS) is 15.0. The van der Waals surface area contributed by atoms with Crippen LogP contribution < -0.4 is 10.1 Å². The Morgan fingerprint density at radius 3 is 2.61 bits per heavy atom. The minimum atomic E-state index is 0.639. The van der Waals surface area contributed by atoms with E-state index in [0.29, 0.717) is 6.61 Å². The molecule has 1 fully saturated rings. The molecule has 0 spiro atoms. The average Bonchev–Trinajstić information content (AvgIpc) is 3.12. The van der Waals surface area contributed by atoms with Gasteiger partial charge in [-0.15, -0.1) is 0 Å². The number of nitrogens with zero attached hydrogens (tertiary/aromatic N) is 2. The van der Waals surface area contributed by atoms with Crippen LogP contribution in [0, 0.1) is 0 Å². The molecular weight excluding hydrogens is 290 g/mol. The van der Waals surface area contributed by atoms with Gasteiger partial charge in [0, 0.05) is 32.8 Å². The predicted molar refractivity (Wildman–Crippen MR) is 94.1 cm³/mol. The van der Waals surface area contributed by atoms with Gasteiger partial charge in [0.2, 0.25) is 0 Å². The number of aliphatic imine (C=N–C) groups is 1. The third-order valence-electron chi connectivity index (χ3n) is 3.88. The summed E-state index contributed by atoms with van der Waals surface area (Å²) in [5.74, 6) is 1.93. The van der Waals surface area contributed by atoms with E-state index in [1.54, 1.807) is 7.11 Å². The summed E-state index contributed by atoms with van der Waals surface area (Å²) < 4.78 is 10.9. The van der Waals surface area contributed by atoms with E-state index in [-0.39, 0.29) is 0 Å². The van der Waals surface area contributed by atoms with Crippen molar-refractivity contribution < 1.29 is 9.47 Å². The van der Waals surface area contributed by atoms with Crippen molar-refractivity contribution in [2.24, 2.45) is 4.99 Å². The van der Waals surface area contributed by atoms with Crippen LogP contribution in [0.5, 0.6) is 5.75 Å². The molecule has 0 atom stereocenters. The highest BCUT2D eigenvalue weighted by molar-refractivity contribution is 5.80. The van der Waals surface area contributed by atoms with Crippen LogP contribution in [0.4, 0.5) is 0 Å². The summed E-state index contributed by atoms with van der Waals surface area (Å²) in [4.78, 5) is 7.05. The van der Waals surface area contributed by atoms with Crippen molar-refractivity contribution in [3.8, 4) is 5.75 Å². The summed E-state index contributed by atoms with van der Waals surface area (Å²) in [7, 11) is 1.68. The second-order valence-electron chi connectivity index (χ2n) is 5.68. The van der Waals surface area contributed by atoms with Gasteiger partial charge in [-0.25, -0.2) is 0 Å². The van der Waals surface area contributed by atoms with Gasteiger partial charge >= 0.3 is 0 Å². The maximum Gasteiger partial charge on any atom is 0.193 e. The summed E-state index contributed by atoms with van der Waals surface area (Å²) in [5.41, 5.74) is 1.17. The fourth-order valence-corrected chi connectivity index (χ4v) is 2.62. The van der Waals surface area contributed by atoms with Crippen LogP contribution in [0.15, 0.2) is 29.3 Å². The zero-order valence-electron chi connectivity index (χ0n) is 14.4. The number of methoxy groups -OCH3 is 1. The van der Waals surface area contributed by atoms with Crippen molar-refractivity contribution in [1.29, 1.82) is 0 Å². The molecule has 1 aliphatic rings. The van der Waals surface area contributed by atoms with Crippen LogP contribution in [0.25, 0.3) is 0 Å². The standard InChI is InChI=1S/C18H29N3O2/c1-3-19-18(21-12-4-5-13-21)20-11-6-14-23-15-16-7-9-17(22-2)10-8-16/h7-10H,3-6,11-15H2,1-2H3,(H,19,20). The maximum atomic E-state index is 5.72. The topological polar surface area (TPSA) is 46.1 Å². The molecule has 2 rings (SSSR count). The van der Waals surface area contributed by atoms with E-state index in [4.69, 9.17) is 14.5 Å². The molecule has 1 heterocycles. The summed E-state index contributed by atoms with van der Waals surface area (Å²) in [6.45, 7) is 7.46. The Labute approximate surface area is 139 Å². The van der Waals surface area contributed by atoms with Crippen LogP contribution in [-0.2, 0) is 11.3 Å². The quantitative estimate of drug-likeness (QED) is 0.455. The largest absolute Gasteiger partial charge is 0.497 e. The number of hydrogen-bond acceptors (Lipinski definition) is 3. The van der Waals surface area contributed by atoms with Crippen molar-refractivity contribution in [3.63, 3.8) is 0 Å². The third-order valence-corrected chi connectivity index (χ3v) is 3.88. The van der Waals surface area contributed by atoms with Gasteiger partial charge in [0.25, 0.3) is 0 Å². The van der Waals surface area contributed by atoms with E-state index in [1.807, 2.05) is 24.3 Å². The molecule has 128 valence electrons. The molecule has 0 aromatic heterocycles. The number of benzene rings is 1. The zero-order valence-corrected chi connectivity index (χ0v) is 14.4. The second-order valence-corrected chi connectivity index (χ2v) is 5.68. The minimum Gasteiger partial charge on any atom is -0.497 e. The van der Waals surface area contributed by atoms with Crippen molar-refractivity contribution >= 4 is 5.96 Å². The van der Waals surface area contributed by atoms with E-state index in [2.05, 4.69) is 17.1 Å². The van der Waals surface area contributed by atoms with Crippen LogP contribution in [0.2, 0.25) is 0 Å². The smallest absolute Gasteiger partial charge is 0.193 e. The van der Waals surface area contributed by atoms with Gasteiger partial charge in [-0.3, -0.25) is 4.99 Å². The Kier molecular flexibility index (Phi) is 7.73. The van der Waals surface area contributed by atoms with Crippen molar-refractivity contribution in [3.05, 3.63) is 29.8 Å². The lowest BCUT2D eigenvalue weighted by molar-refractivity contribution is 0.120. The first kappa shape index (κ1) is 17.6. The first-order chi connectivity index (χ1) is 11.3. The first-order valence-corrected chi connectivity index (χ1v) is 8.57. The lowest BCUT2D eigenvalue weighted by atomic mass is 10.2. The van der Waals surface area contributed by atoms with Crippen LogP contribution in [0.1, 0.15) is 31.7 Å². The lowest BCUT2D eigenvalue weighted by Crippen LogP contribution is -2.39. The number of likely N-dealkylation sites (tertiary alicyclic amines) is 1. The molecule has 0 saturated carbocycles. The van der Waals surface area contributed by atoms with E-state index < -0.39 is 0 Å². The van der Waals surface area contributed by atoms with Crippen molar-refractivity contribution in [1.82, 2.24) is 10.2 Å². The van der Waals surface area contributed by atoms with Gasteiger partial charge in [-0.1, -0.05) is 12.1 Å². The van der Waals surface area contributed by atoms with Gasteiger partial charge in [0.15, 0.2) is 5.96 Å². The van der Waals surface area contributed by atoms with Crippen molar-refractivity contribution in [2.45, 2.75) is 32.8 Å². The molecule has 1 aromatic carbocycles. The number of rotatable bonds is 8. The molecule has 0 unspecified atom stereocenters. The van der Waals surface area contributed by atoms with Gasteiger partial charge < -0.3 is 19.7 Å². The molecule has 0 bridgehead atoms. The number of hydrogen-bond donors (Lipinski definition) is 1. The summed E-state index contributed by atoms with van der Waals surface area (Å²) in [6.07, 6.45) is 3.49. The van der Waals surface area contributed by atoms with Crippen LogP contribution >= 0.6 is 0 Å². The van der Waals surface area contributed by atoms with Gasteiger partial charge in [0.1, 0.15) is 5.75 Å². The molecule has 1 aliphatic heterocycles. The molecule has 5 nitrogen and oxygen atoms in total. The molecule has 0 aliphatic carbocycles. The molecule has 23 heavy (non-hydrogen) atoms. The molecule has 5 heteroatoms. The predicted octanol–water partition coefficient (Wildman–Crippen LogP) is 2.66. The molecule has 1 N–H and O–H groups in total. The molecular formula is C18H29N3O2. The van der Waals surface area contributed by atoms with E-state index >= 15 is 0 Å². The number of guanidine groups is 1. The van der Waals surface area contributed by atoms with E-state index in [0.717, 1.165) is 50.9 Å². The Balaban J connectivity index is 1.64. The summed E-state index contributed by atoms with van der Waals surface area (Å²) in [6, 6.07) is 7.99. The van der Waals surface area contributed by atoms with E-state index in [9.17, 15) is 0 Å². The summed E-state index contributed by atoms with van der Waals surface area (Å²) in [5, 5.41) is 3.38. The molecule has 1 saturated heterocycles. The minimum absolute atomic E-state index is 0.639. The SMILES string of the molecule is CCNC(=NCCCOCc1ccc(OC)cc1)N1CCCC1. The Hall–Kier alpha value is -1.75. The van der Waals surface area contributed by atoms with E-state index in [1.165, 1.54) is 18.4 Å². The number of ether oxygens (including phenoxy) is 2. The van der Waals surface area contributed by atoms with Gasteiger partial charge in [0.05, 0.1) is 13.7 Å². The first-order valence-electron chi connectivity index (χ1n) is 8.57. The fourth-order valence-electron chi connectivity index (χ4n) is 2.62. The highest BCUT2D eigenvalue weighted by Gasteiger charge is 2.14. The van der Waals surface area contributed by atoms with Gasteiger partial charge in [-0.05, 0) is 43.9 Å². The second kappa shape index (κ2) is 10.1. The van der Waals surface area contributed by atoms with Crippen molar-refractivity contribution in [2.75, 3.05) is 39.9 Å². The van der Waals surface area contributed by atoms with Crippen LogP contribution in [-0.4, -0.2) is 50.8 Å². The Bertz CT molecular complexity index is 468. The Morgan fingerprint density at radius 2 is 1.96 bits per heavy atom. The molecule has 1 aromatic rings. The Morgan fingerprint density at radius 1 is 1.22 bits per heavy atom. The number of nitrogens with one attached hydrogen (secondary N) is 1. The van der Waals surface area contributed by atoms with Gasteiger partial charge in [-0.2, -0.15) is 0 Å². The molecule has 0 radical (unpaired) electrons. The highest BCUT2D eigenvalue weighted by atomic mass is 16.5. The average molecular weight is 319 g/mol. The third kappa shape index (κ3) is 6.10. The molecule has 0 amide bonds. The summed E-state index contributed by atoms with van der Waals surface area (Å²) >= 11 is 0. The zero-order chi connectivity index (χ0) is 16.3. The fraction of sp³-hybridized carbons (Fsp3) is 0.611. The van der Waals surface area contributed by atoms with Crippen LogP contribution in [0.3, 0.4) is 0 Å². The maximum absolute atomic E-state index is 5.72. The lowest BCUT2D eigenvalue weighted by Gasteiger charge is -2.20. The monoisotopic (exact) mass is 319 g/mol.